The van der Waals surface area contributed by atoms with Crippen molar-refractivity contribution in [1.82, 2.24) is 20.3 Å². The number of benzene rings is 1. The lowest BCUT2D eigenvalue weighted by atomic mass is 10.0. The molecule has 0 bridgehead atoms. The van der Waals surface area contributed by atoms with Gasteiger partial charge in [-0.15, -0.1) is 0 Å². The van der Waals surface area contributed by atoms with E-state index in [0.717, 1.165) is 16.5 Å². The van der Waals surface area contributed by atoms with E-state index in [-0.39, 0.29) is 18.8 Å². The van der Waals surface area contributed by atoms with Gasteiger partial charge in [-0.2, -0.15) is 13.1 Å². The van der Waals surface area contributed by atoms with Crippen molar-refractivity contribution in [2.24, 2.45) is 5.92 Å². The van der Waals surface area contributed by atoms with Crippen LogP contribution in [0.5, 0.6) is 0 Å². The molecule has 154 valence electrons. The number of likely N-dealkylation sites (N-methyl/N-ethyl adjacent to an activating group) is 1. The Morgan fingerprint density at radius 1 is 1.14 bits per heavy atom. The van der Waals surface area contributed by atoms with E-state index in [1.54, 1.807) is 6.20 Å². The summed E-state index contributed by atoms with van der Waals surface area (Å²) < 4.78 is 33.4. The smallest absolute Gasteiger partial charge is 0.334 e. The number of fused-ring (bicyclic) bond motifs is 1. The fourth-order valence-corrected chi connectivity index (χ4v) is 3.60. The average molecular weight is 410 g/mol. The molecule has 2 unspecified atom stereocenters. The summed E-state index contributed by atoms with van der Waals surface area (Å²) in [4.78, 5) is 28.1. The van der Waals surface area contributed by atoms with Gasteiger partial charge in [0.05, 0.1) is 0 Å². The van der Waals surface area contributed by atoms with Gasteiger partial charge in [0.25, 0.3) is 0 Å². The summed E-state index contributed by atoms with van der Waals surface area (Å²) in [5, 5.41) is 6.03. The number of para-hydroxylation sites is 1. The second kappa shape index (κ2) is 9.18. The molecule has 1 aromatic heterocycles. The molecule has 2 rings (SSSR count). The molecule has 1 heterocycles. The van der Waals surface area contributed by atoms with Gasteiger partial charge in [0.2, 0.25) is 11.8 Å². The van der Waals surface area contributed by atoms with E-state index >= 15 is 0 Å². The molecule has 28 heavy (non-hydrogen) atoms. The molecular formula is C18H26N4O5S. The number of H-pyrrole nitrogens is 1. The number of hydrogen-bond donors (Lipinski definition) is 5. The van der Waals surface area contributed by atoms with Crippen LogP contribution in [0.15, 0.2) is 30.5 Å². The molecule has 2 amide bonds. The van der Waals surface area contributed by atoms with E-state index in [9.17, 15) is 18.0 Å². The second-order valence-corrected chi connectivity index (χ2v) is 8.20. The highest BCUT2D eigenvalue weighted by Crippen LogP contribution is 2.19. The first kappa shape index (κ1) is 21.9. The molecule has 2 atom stereocenters. The molecule has 9 nitrogen and oxygen atoms in total. The third-order valence-electron chi connectivity index (χ3n) is 4.29. The van der Waals surface area contributed by atoms with E-state index in [0.29, 0.717) is 0 Å². The van der Waals surface area contributed by atoms with Crippen LogP contribution in [-0.4, -0.2) is 48.9 Å². The fourth-order valence-electron chi connectivity index (χ4n) is 3.04. The third kappa shape index (κ3) is 6.04. The van der Waals surface area contributed by atoms with Crippen molar-refractivity contribution in [3.8, 4) is 0 Å². The Balaban J connectivity index is 2.22. The van der Waals surface area contributed by atoms with Crippen LogP contribution < -0.4 is 15.4 Å². The molecule has 1 aromatic carbocycles. The zero-order valence-electron chi connectivity index (χ0n) is 16.0. The molecule has 0 aliphatic heterocycles. The van der Waals surface area contributed by atoms with Crippen LogP contribution in [0.3, 0.4) is 0 Å². The van der Waals surface area contributed by atoms with Crippen molar-refractivity contribution in [2.45, 2.75) is 38.8 Å². The maximum Gasteiger partial charge on any atom is 0.334 e. The molecule has 0 spiro atoms. The van der Waals surface area contributed by atoms with E-state index in [4.69, 9.17) is 4.55 Å². The number of carbonyl (C=O) groups is 2. The Hall–Kier alpha value is -2.43. The van der Waals surface area contributed by atoms with E-state index < -0.39 is 34.2 Å². The zero-order chi connectivity index (χ0) is 20.9. The number of hydrogen-bond acceptors (Lipinski definition) is 4. The van der Waals surface area contributed by atoms with Crippen molar-refractivity contribution in [2.75, 3.05) is 7.05 Å². The minimum atomic E-state index is -4.57. The van der Waals surface area contributed by atoms with Gasteiger partial charge < -0.3 is 15.6 Å². The van der Waals surface area contributed by atoms with Crippen LogP contribution in [-0.2, 0) is 26.3 Å². The molecular weight excluding hydrogens is 384 g/mol. The second-order valence-electron chi connectivity index (χ2n) is 7.01. The molecule has 2 aromatic rings. The first-order chi connectivity index (χ1) is 13.1. The van der Waals surface area contributed by atoms with Crippen molar-refractivity contribution in [3.63, 3.8) is 0 Å². The Morgan fingerprint density at radius 3 is 2.43 bits per heavy atom. The highest BCUT2D eigenvalue weighted by atomic mass is 32.2. The highest BCUT2D eigenvalue weighted by molar-refractivity contribution is 7.83. The quantitative estimate of drug-likeness (QED) is 0.388. The van der Waals surface area contributed by atoms with Crippen LogP contribution in [0.1, 0.15) is 25.8 Å². The van der Waals surface area contributed by atoms with Crippen molar-refractivity contribution in [3.05, 3.63) is 36.0 Å². The molecule has 0 fully saturated rings. The van der Waals surface area contributed by atoms with E-state index in [2.05, 4.69) is 15.6 Å². The maximum absolute atomic E-state index is 12.6. The van der Waals surface area contributed by atoms with Crippen molar-refractivity contribution >= 4 is 33.0 Å². The van der Waals surface area contributed by atoms with Crippen LogP contribution in [0.25, 0.3) is 10.9 Å². The number of amides is 2. The maximum atomic E-state index is 12.6. The van der Waals surface area contributed by atoms with Gasteiger partial charge in [-0.3, -0.25) is 14.1 Å². The van der Waals surface area contributed by atoms with Gasteiger partial charge in [-0.1, -0.05) is 32.0 Å². The summed E-state index contributed by atoms with van der Waals surface area (Å²) in [6.45, 7) is 3.63. The van der Waals surface area contributed by atoms with Crippen molar-refractivity contribution < 1.29 is 22.6 Å². The highest BCUT2D eigenvalue weighted by Gasteiger charge is 2.28. The molecule has 0 aliphatic rings. The number of aromatic nitrogens is 1. The minimum Gasteiger partial charge on any atom is -0.361 e. The number of carbonyl (C=O) groups excluding carboxylic acids is 2. The molecule has 0 radical (unpaired) electrons. The van der Waals surface area contributed by atoms with Crippen LogP contribution in [0.2, 0.25) is 0 Å². The summed E-state index contributed by atoms with van der Waals surface area (Å²) in [7, 11) is -3.11. The first-order valence-electron chi connectivity index (χ1n) is 8.92. The SMILES string of the molecule is CNC(=O)C(Cc1c[nH]c2ccccc12)NC(=O)C(CC(C)C)NS(=O)(=O)O. The Labute approximate surface area is 164 Å². The zero-order valence-corrected chi connectivity index (χ0v) is 16.8. The summed E-state index contributed by atoms with van der Waals surface area (Å²) in [5.41, 5.74) is 1.75. The molecule has 0 aliphatic carbocycles. The van der Waals surface area contributed by atoms with Gasteiger partial charge >= 0.3 is 10.3 Å². The van der Waals surface area contributed by atoms with Crippen molar-refractivity contribution in [1.29, 1.82) is 0 Å². The standard InChI is InChI=1S/C18H26N4O5S/c1-11(2)8-16(22-28(25,26)27)18(24)21-15(17(23)19-3)9-12-10-20-14-7-5-4-6-13(12)14/h4-7,10-11,15-16,20,22H,8-9H2,1-3H3,(H,19,23)(H,21,24)(H,25,26,27). The number of rotatable bonds is 9. The molecule has 10 heteroatoms. The number of nitrogens with one attached hydrogen (secondary N) is 4. The van der Waals surface area contributed by atoms with Crippen LogP contribution in [0, 0.1) is 5.92 Å². The molecule has 0 saturated heterocycles. The normalized spacial score (nSPS) is 14.0. The van der Waals surface area contributed by atoms with E-state index in [1.165, 1.54) is 7.05 Å². The Bertz CT molecular complexity index is 938. The van der Waals surface area contributed by atoms with Gasteiger partial charge in [0.1, 0.15) is 12.1 Å². The summed E-state index contributed by atoms with van der Waals surface area (Å²) in [5.74, 6) is -1.11. The first-order valence-corrected chi connectivity index (χ1v) is 10.4. The predicted molar refractivity (Wildman–Crippen MR) is 106 cm³/mol. The molecule has 5 N–H and O–H groups in total. The monoisotopic (exact) mass is 410 g/mol. The largest absolute Gasteiger partial charge is 0.361 e. The van der Waals surface area contributed by atoms with E-state index in [1.807, 2.05) is 42.8 Å². The summed E-state index contributed by atoms with van der Waals surface area (Å²) >= 11 is 0. The third-order valence-corrected chi connectivity index (χ3v) is 4.88. The average Bonchev–Trinajstić information content (AvgIpc) is 3.01. The lowest BCUT2D eigenvalue weighted by Gasteiger charge is -2.22. The Morgan fingerprint density at radius 2 is 1.82 bits per heavy atom. The van der Waals surface area contributed by atoms with Gasteiger partial charge in [0.15, 0.2) is 0 Å². The van der Waals surface area contributed by atoms with Gasteiger partial charge in [-0.05, 0) is 24.0 Å². The summed E-state index contributed by atoms with van der Waals surface area (Å²) in [6.07, 6.45) is 2.16. The fraction of sp³-hybridized carbons (Fsp3) is 0.444. The van der Waals surface area contributed by atoms with Gasteiger partial charge in [0, 0.05) is 30.6 Å². The summed E-state index contributed by atoms with van der Waals surface area (Å²) in [6, 6.07) is 5.48. The topological polar surface area (TPSA) is 140 Å². The van der Waals surface area contributed by atoms with Crippen LogP contribution >= 0.6 is 0 Å². The van der Waals surface area contributed by atoms with Crippen LogP contribution in [0.4, 0.5) is 0 Å². The predicted octanol–water partition coefficient (Wildman–Crippen LogP) is 0.748. The lowest BCUT2D eigenvalue weighted by molar-refractivity contribution is -0.129. The number of aromatic amines is 1. The van der Waals surface area contributed by atoms with Gasteiger partial charge in [-0.25, -0.2) is 0 Å². The minimum absolute atomic E-state index is 0.0166. The lowest BCUT2D eigenvalue weighted by Crippen LogP contribution is -2.54. The molecule has 0 saturated carbocycles. The Kier molecular flexibility index (Phi) is 7.17.